The Morgan fingerprint density at radius 3 is 1.94 bits per heavy atom. The predicted octanol–water partition coefficient (Wildman–Crippen LogP) is -4.37. The molecule has 0 unspecified atom stereocenters. The second-order valence-electron chi connectivity index (χ2n) is 11.2. The average molecular weight is 662 g/mol. The molecule has 1 aliphatic rings. The minimum Gasteiger partial charge on any atom is -0.508 e. The highest BCUT2D eigenvalue weighted by molar-refractivity contribution is 5.98. The van der Waals surface area contributed by atoms with Crippen LogP contribution in [0, 0.1) is 5.92 Å². The summed E-state index contributed by atoms with van der Waals surface area (Å²) in [5.41, 5.74) is 16.8. The molecule has 1 saturated heterocycles. The van der Waals surface area contributed by atoms with Crippen molar-refractivity contribution in [3.05, 3.63) is 29.8 Å². The number of carbonyl (C=O) groups is 8. The zero-order valence-corrected chi connectivity index (χ0v) is 26.2. The molecule has 1 aliphatic heterocycles. The van der Waals surface area contributed by atoms with E-state index in [1.54, 1.807) is 13.8 Å². The van der Waals surface area contributed by atoms with Crippen LogP contribution >= 0.6 is 0 Å². The predicted molar refractivity (Wildman–Crippen MR) is 165 cm³/mol. The SMILES string of the molecule is CC[C@H](C)[C@@H]1NC(=O)[C@H](Cc2ccc(O)cc2)NC(=O)[C@H](CN)NC(=O)CNC(=O)[C@H](CC(N)=O)NC(=O)[C@H](CCC(N)=O)NC1=O. The van der Waals surface area contributed by atoms with Gasteiger partial charge in [-0.15, -0.1) is 0 Å². The van der Waals surface area contributed by atoms with Crippen LogP contribution in [0.3, 0.4) is 0 Å². The number of hydrogen-bond donors (Lipinski definition) is 10. The van der Waals surface area contributed by atoms with E-state index < -0.39 is 103 Å². The van der Waals surface area contributed by atoms with Crippen LogP contribution in [0.2, 0.25) is 0 Å². The summed E-state index contributed by atoms with van der Waals surface area (Å²) in [6.45, 7) is 2.31. The number of benzene rings is 1. The standard InChI is InChI=1S/C29H43N9O9/c1-3-14(2)24-29(47)35-17(8-9-21(31)40)26(44)37-19(11-22(32)41)25(43)33-13-23(42)34-20(12-30)28(46)36-18(27(45)38-24)10-15-4-6-16(39)7-5-15/h4-7,14,17-20,24,39H,3,8-13,30H2,1-2H3,(H2,31,40)(H2,32,41)(H,33,43)(H,34,42)(H,35,47)(H,36,46)(H,37,44)(H,38,45)/t14-,17-,18-,19-,20-,24-/m0/s1. The van der Waals surface area contributed by atoms with Crippen molar-refractivity contribution in [2.24, 2.45) is 23.1 Å². The van der Waals surface area contributed by atoms with Gasteiger partial charge in [0.15, 0.2) is 0 Å². The minimum absolute atomic E-state index is 0.0330. The van der Waals surface area contributed by atoms with Crippen LogP contribution in [-0.2, 0) is 44.8 Å². The summed E-state index contributed by atoms with van der Waals surface area (Å²) >= 11 is 0. The molecule has 8 amide bonds. The second-order valence-corrected chi connectivity index (χ2v) is 11.2. The maximum atomic E-state index is 13.7. The van der Waals surface area contributed by atoms with Gasteiger partial charge in [-0.25, -0.2) is 0 Å². The highest BCUT2D eigenvalue weighted by Gasteiger charge is 2.35. The first kappa shape index (κ1) is 37.9. The van der Waals surface area contributed by atoms with Gasteiger partial charge in [-0.1, -0.05) is 32.4 Å². The van der Waals surface area contributed by atoms with E-state index in [0.29, 0.717) is 12.0 Å². The molecule has 0 radical (unpaired) electrons. The summed E-state index contributed by atoms with van der Waals surface area (Å²) in [4.78, 5) is 103. The molecule has 6 atom stereocenters. The van der Waals surface area contributed by atoms with Crippen LogP contribution in [0.4, 0.5) is 0 Å². The second kappa shape index (κ2) is 18.0. The normalized spacial score (nSPS) is 24.2. The van der Waals surface area contributed by atoms with Gasteiger partial charge in [-0.05, 0) is 30.0 Å². The molecule has 0 bridgehead atoms. The van der Waals surface area contributed by atoms with E-state index in [1.165, 1.54) is 24.3 Å². The molecule has 18 heteroatoms. The summed E-state index contributed by atoms with van der Waals surface area (Å²) in [7, 11) is 0. The first-order chi connectivity index (χ1) is 22.1. The van der Waals surface area contributed by atoms with Gasteiger partial charge in [0.25, 0.3) is 0 Å². The Morgan fingerprint density at radius 1 is 0.787 bits per heavy atom. The third kappa shape index (κ3) is 12.2. The largest absolute Gasteiger partial charge is 0.508 e. The van der Waals surface area contributed by atoms with Crippen molar-refractivity contribution in [1.82, 2.24) is 31.9 Å². The molecule has 258 valence electrons. The molecular formula is C29H43N9O9. The van der Waals surface area contributed by atoms with Gasteiger partial charge in [0, 0.05) is 19.4 Å². The molecule has 1 aromatic rings. The summed E-state index contributed by atoms with van der Waals surface area (Å²) < 4.78 is 0. The third-order valence-corrected chi connectivity index (χ3v) is 7.46. The summed E-state index contributed by atoms with van der Waals surface area (Å²) in [6, 6.07) is -1.14. The van der Waals surface area contributed by atoms with E-state index >= 15 is 0 Å². The van der Waals surface area contributed by atoms with Crippen molar-refractivity contribution >= 4 is 47.3 Å². The van der Waals surface area contributed by atoms with Crippen molar-refractivity contribution in [1.29, 1.82) is 0 Å². The minimum atomic E-state index is -1.58. The van der Waals surface area contributed by atoms with Crippen LogP contribution in [-0.4, -0.2) is 95.7 Å². The highest BCUT2D eigenvalue weighted by Crippen LogP contribution is 2.14. The van der Waals surface area contributed by atoms with Crippen molar-refractivity contribution in [3.63, 3.8) is 0 Å². The summed E-state index contributed by atoms with van der Waals surface area (Å²) in [5.74, 6) is -7.59. The highest BCUT2D eigenvalue weighted by atomic mass is 16.3. The van der Waals surface area contributed by atoms with Gasteiger partial charge >= 0.3 is 0 Å². The van der Waals surface area contributed by atoms with E-state index in [0.717, 1.165) is 0 Å². The third-order valence-electron chi connectivity index (χ3n) is 7.46. The molecule has 13 N–H and O–H groups in total. The van der Waals surface area contributed by atoms with Gasteiger partial charge in [-0.2, -0.15) is 0 Å². The van der Waals surface area contributed by atoms with Crippen LogP contribution < -0.4 is 49.1 Å². The van der Waals surface area contributed by atoms with Crippen molar-refractivity contribution < 1.29 is 43.5 Å². The molecule has 0 saturated carbocycles. The zero-order chi connectivity index (χ0) is 35.3. The molecular weight excluding hydrogens is 618 g/mol. The van der Waals surface area contributed by atoms with Crippen LogP contribution in [0.15, 0.2) is 24.3 Å². The molecule has 47 heavy (non-hydrogen) atoms. The number of primary amides is 2. The van der Waals surface area contributed by atoms with Crippen molar-refractivity contribution in [2.75, 3.05) is 13.1 Å². The fourth-order valence-corrected chi connectivity index (χ4v) is 4.57. The lowest BCUT2D eigenvalue weighted by Gasteiger charge is -2.29. The monoisotopic (exact) mass is 661 g/mol. The fourth-order valence-electron chi connectivity index (χ4n) is 4.57. The lowest BCUT2D eigenvalue weighted by Crippen LogP contribution is -2.62. The number of nitrogens with two attached hydrogens (primary N) is 3. The number of phenols is 1. The van der Waals surface area contributed by atoms with Crippen LogP contribution in [0.25, 0.3) is 0 Å². The lowest BCUT2D eigenvalue weighted by molar-refractivity contribution is -0.137. The van der Waals surface area contributed by atoms with Gasteiger partial charge < -0.3 is 54.2 Å². The van der Waals surface area contributed by atoms with E-state index in [2.05, 4.69) is 31.9 Å². The zero-order valence-electron chi connectivity index (χ0n) is 26.2. The quantitative estimate of drug-likeness (QED) is 0.115. The smallest absolute Gasteiger partial charge is 0.244 e. The van der Waals surface area contributed by atoms with Gasteiger partial charge in [0.2, 0.25) is 47.3 Å². The Morgan fingerprint density at radius 2 is 1.36 bits per heavy atom. The van der Waals surface area contributed by atoms with Gasteiger partial charge in [0.05, 0.1) is 13.0 Å². The van der Waals surface area contributed by atoms with Crippen molar-refractivity contribution in [3.8, 4) is 5.75 Å². The Balaban J connectivity index is 2.56. The van der Waals surface area contributed by atoms with E-state index in [4.69, 9.17) is 17.2 Å². The van der Waals surface area contributed by atoms with E-state index in [1.807, 2.05) is 0 Å². The lowest BCUT2D eigenvalue weighted by atomic mass is 9.96. The molecule has 1 heterocycles. The first-order valence-electron chi connectivity index (χ1n) is 15.0. The van der Waals surface area contributed by atoms with E-state index in [9.17, 15) is 43.5 Å². The number of carbonyl (C=O) groups excluding carboxylic acids is 8. The Kier molecular flexibility index (Phi) is 14.5. The van der Waals surface area contributed by atoms with Gasteiger partial charge in [-0.3, -0.25) is 38.4 Å². The fraction of sp³-hybridized carbons (Fsp3) is 0.517. The number of rotatable bonds is 10. The summed E-state index contributed by atoms with van der Waals surface area (Å²) in [5, 5.41) is 24.2. The molecule has 2 rings (SSSR count). The number of aromatic hydroxyl groups is 1. The van der Waals surface area contributed by atoms with E-state index in [-0.39, 0.29) is 25.0 Å². The Hall–Kier alpha value is -5.26. The number of amides is 8. The Bertz CT molecular complexity index is 1340. The molecule has 0 aromatic heterocycles. The number of phenolic OH excluding ortho intramolecular Hbond substituents is 1. The maximum Gasteiger partial charge on any atom is 0.244 e. The maximum absolute atomic E-state index is 13.7. The Labute approximate surface area is 270 Å². The average Bonchev–Trinajstić information content (AvgIpc) is 3.01. The molecule has 1 fully saturated rings. The molecule has 0 spiro atoms. The molecule has 0 aliphatic carbocycles. The number of hydrogen-bond acceptors (Lipinski definition) is 10. The number of nitrogens with one attached hydrogen (secondary N) is 6. The van der Waals surface area contributed by atoms with Crippen LogP contribution in [0.5, 0.6) is 5.75 Å². The molecule has 18 nitrogen and oxygen atoms in total. The van der Waals surface area contributed by atoms with Crippen molar-refractivity contribution in [2.45, 2.75) is 76.2 Å². The van der Waals surface area contributed by atoms with Crippen LogP contribution in [0.1, 0.15) is 45.1 Å². The summed E-state index contributed by atoms with van der Waals surface area (Å²) in [6.07, 6.45) is -1.06. The van der Waals surface area contributed by atoms with Gasteiger partial charge in [0.1, 0.15) is 36.0 Å². The first-order valence-corrected chi connectivity index (χ1v) is 15.0. The topological polar surface area (TPSA) is 307 Å². The molecule has 1 aromatic carbocycles.